The minimum atomic E-state index is -3.61. The van der Waals surface area contributed by atoms with Crippen molar-refractivity contribution < 1.29 is 22.7 Å². The molecule has 2 amide bonds. The summed E-state index contributed by atoms with van der Waals surface area (Å²) in [6.07, 6.45) is 0. The summed E-state index contributed by atoms with van der Waals surface area (Å²) in [5, 5.41) is 5.28. The third kappa shape index (κ3) is 5.30. The number of benzene rings is 2. The summed E-state index contributed by atoms with van der Waals surface area (Å²) in [4.78, 5) is 23.6. The largest absolute Gasteiger partial charge is 0.482 e. The standard InChI is InChI=1S/C19H23N3O5S/c1-13-9-10-15(28(25,26)22(3)4)11-17(13)21-19(24)12-27-18-8-6-5-7-16(18)20-14(2)23/h5-11H,12H2,1-4H3,(H,20,23)(H,21,24). The van der Waals surface area contributed by atoms with E-state index in [2.05, 4.69) is 10.6 Å². The van der Waals surface area contributed by atoms with Gasteiger partial charge in [-0.1, -0.05) is 18.2 Å². The quantitative estimate of drug-likeness (QED) is 0.735. The molecule has 0 heterocycles. The van der Waals surface area contributed by atoms with Gasteiger partial charge in [-0.05, 0) is 36.8 Å². The van der Waals surface area contributed by atoms with E-state index in [9.17, 15) is 18.0 Å². The summed E-state index contributed by atoms with van der Waals surface area (Å²) in [5.74, 6) is -0.358. The van der Waals surface area contributed by atoms with Crippen LogP contribution in [0.4, 0.5) is 11.4 Å². The third-order valence-corrected chi connectivity index (χ3v) is 5.63. The Morgan fingerprint density at radius 2 is 1.71 bits per heavy atom. The van der Waals surface area contributed by atoms with Crippen molar-refractivity contribution in [2.45, 2.75) is 18.7 Å². The molecule has 0 bridgehead atoms. The lowest BCUT2D eigenvalue weighted by Crippen LogP contribution is -2.23. The number of carbonyl (C=O) groups is 2. The van der Waals surface area contributed by atoms with Crippen molar-refractivity contribution >= 4 is 33.2 Å². The van der Waals surface area contributed by atoms with Crippen molar-refractivity contribution in [2.24, 2.45) is 0 Å². The van der Waals surface area contributed by atoms with Crippen molar-refractivity contribution in [3.05, 3.63) is 48.0 Å². The lowest BCUT2D eigenvalue weighted by Gasteiger charge is -2.15. The molecule has 0 aliphatic carbocycles. The Labute approximate surface area is 164 Å². The molecular formula is C19H23N3O5S. The summed E-state index contributed by atoms with van der Waals surface area (Å²) in [5.41, 5.74) is 1.55. The summed E-state index contributed by atoms with van der Waals surface area (Å²) < 4.78 is 31.1. The molecule has 150 valence electrons. The molecule has 0 radical (unpaired) electrons. The van der Waals surface area contributed by atoms with Crippen LogP contribution in [0.2, 0.25) is 0 Å². The predicted molar refractivity (Wildman–Crippen MR) is 107 cm³/mol. The first-order valence-electron chi connectivity index (χ1n) is 8.43. The summed E-state index contributed by atoms with van der Waals surface area (Å²) in [7, 11) is -0.737. The van der Waals surface area contributed by atoms with Crippen molar-refractivity contribution in [1.82, 2.24) is 4.31 Å². The van der Waals surface area contributed by atoms with Gasteiger partial charge in [-0.25, -0.2) is 12.7 Å². The van der Waals surface area contributed by atoms with Crippen LogP contribution in [0.3, 0.4) is 0 Å². The molecule has 2 aromatic carbocycles. The summed E-state index contributed by atoms with van der Waals surface area (Å²) >= 11 is 0. The molecule has 0 aliphatic rings. The van der Waals surface area contributed by atoms with Crippen LogP contribution in [0.5, 0.6) is 5.75 Å². The van der Waals surface area contributed by atoms with Gasteiger partial charge in [0.2, 0.25) is 15.9 Å². The Hall–Kier alpha value is -2.91. The second kappa shape index (κ2) is 8.85. The maximum Gasteiger partial charge on any atom is 0.262 e. The Morgan fingerprint density at radius 1 is 1.04 bits per heavy atom. The maximum absolute atomic E-state index is 12.3. The SMILES string of the molecule is CC(=O)Nc1ccccc1OCC(=O)Nc1cc(S(=O)(=O)N(C)C)ccc1C. The molecule has 0 saturated carbocycles. The molecule has 8 nitrogen and oxygen atoms in total. The van der Waals surface area contributed by atoms with Gasteiger partial charge in [-0.3, -0.25) is 9.59 Å². The van der Waals surface area contributed by atoms with E-state index >= 15 is 0 Å². The average molecular weight is 405 g/mol. The molecule has 2 rings (SSSR count). The van der Waals surface area contributed by atoms with Crippen LogP contribution in [0, 0.1) is 6.92 Å². The van der Waals surface area contributed by atoms with Crippen LogP contribution >= 0.6 is 0 Å². The first-order chi connectivity index (χ1) is 13.1. The van der Waals surface area contributed by atoms with Crippen LogP contribution in [0.25, 0.3) is 0 Å². The molecule has 2 aromatic rings. The average Bonchev–Trinajstić information content (AvgIpc) is 2.62. The molecule has 9 heteroatoms. The van der Waals surface area contributed by atoms with Gasteiger partial charge >= 0.3 is 0 Å². The van der Waals surface area contributed by atoms with E-state index in [1.54, 1.807) is 37.3 Å². The molecular weight excluding hydrogens is 382 g/mol. The molecule has 0 atom stereocenters. The fourth-order valence-electron chi connectivity index (χ4n) is 2.32. The van der Waals surface area contributed by atoms with Crippen LogP contribution < -0.4 is 15.4 Å². The second-order valence-electron chi connectivity index (χ2n) is 6.28. The van der Waals surface area contributed by atoms with E-state index in [0.717, 1.165) is 4.31 Å². The highest BCUT2D eigenvalue weighted by Crippen LogP contribution is 2.24. The van der Waals surface area contributed by atoms with Crippen molar-refractivity contribution in [3.63, 3.8) is 0 Å². The number of aryl methyl sites for hydroxylation is 1. The van der Waals surface area contributed by atoms with Crippen molar-refractivity contribution in [2.75, 3.05) is 31.3 Å². The molecule has 0 spiro atoms. The number of nitrogens with zero attached hydrogens (tertiary/aromatic N) is 1. The van der Waals surface area contributed by atoms with Crippen LogP contribution in [-0.2, 0) is 19.6 Å². The lowest BCUT2D eigenvalue weighted by atomic mass is 10.2. The number of para-hydroxylation sites is 2. The van der Waals surface area contributed by atoms with E-state index in [0.29, 0.717) is 22.7 Å². The van der Waals surface area contributed by atoms with E-state index < -0.39 is 15.9 Å². The van der Waals surface area contributed by atoms with Gasteiger partial charge < -0.3 is 15.4 Å². The van der Waals surface area contributed by atoms with Gasteiger partial charge in [0, 0.05) is 26.7 Å². The Bertz CT molecular complexity index is 987. The number of hydrogen-bond acceptors (Lipinski definition) is 5. The van der Waals surface area contributed by atoms with Crippen LogP contribution in [0.15, 0.2) is 47.4 Å². The van der Waals surface area contributed by atoms with E-state index in [4.69, 9.17) is 4.74 Å². The monoisotopic (exact) mass is 405 g/mol. The number of rotatable bonds is 7. The first-order valence-corrected chi connectivity index (χ1v) is 9.87. The predicted octanol–water partition coefficient (Wildman–Crippen LogP) is 2.22. The fraction of sp³-hybridized carbons (Fsp3) is 0.263. The normalized spacial score (nSPS) is 11.2. The number of ether oxygens (including phenoxy) is 1. The van der Waals surface area contributed by atoms with Gasteiger partial charge in [-0.2, -0.15) is 0 Å². The zero-order valence-electron chi connectivity index (χ0n) is 16.1. The van der Waals surface area contributed by atoms with Crippen LogP contribution in [0.1, 0.15) is 12.5 Å². The highest BCUT2D eigenvalue weighted by molar-refractivity contribution is 7.89. The Kier molecular flexibility index (Phi) is 6.76. The number of anilines is 2. The number of sulfonamides is 1. The molecule has 0 aromatic heterocycles. The Balaban J connectivity index is 2.11. The molecule has 0 saturated heterocycles. The summed E-state index contributed by atoms with van der Waals surface area (Å²) in [6, 6.07) is 11.3. The smallest absolute Gasteiger partial charge is 0.262 e. The van der Waals surface area contributed by atoms with E-state index in [1.165, 1.54) is 33.2 Å². The van der Waals surface area contributed by atoms with Gasteiger partial charge in [0.15, 0.2) is 6.61 Å². The van der Waals surface area contributed by atoms with E-state index in [1.807, 2.05) is 0 Å². The first kappa shape index (κ1) is 21.4. The molecule has 2 N–H and O–H groups in total. The zero-order chi connectivity index (χ0) is 20.9. The second-order valence-corrected chi connectivity index (χ2v) is 8.43. The van der Waals surface area contributed by atoms with Gasteiger partial charge in [0.05, 0.1) is 10.6 Å². The minimum Gasteiger partial charge on any atom is -0.482 e. The maximum atomic E-state index is 12.3. The summed E-state index contributed by atoms with van der Waals surface area (Å²) in [6.45, 7) is 2.83. The number of hydrogen-bond donors (Lipinski definition) is 2. The number of carbonyl (C=O) groups excluding carboxylic acids is 2. The number of amides is 2. The molecule has 0 unspecified atom stereocenters. The van der Waals surface area contributed by atoms with Crippen molar-refractivity contribution in [3.8, 4) is 5.75 Å². The van der Waals surface area contributed by atoms with Crippen molar-refractivity contribution in [1.29, 1.82) is 0 Å². The molecule has 28 heavy (non-hydrogen) atoms. The highest BCUT2D eigenvalue weighted by Gasteiger charge is 2.19. The topological polar surface area (TPSA) is 105 Å². The molecule has 0 fully saturated rings. The van der Waals surface area contributed by atoms with Crippen LogP contribution in [-0.4, -0.2) is 45.2 Å². The molecule has 0 aliphatic heterocycles. The van der Waals surface area contributed by atoms with Gasteiger partial charge in [-0.15, -0.1) is 0 Å². The van der Waals surface area contributed by atoms with Gasteiger partial charge in [0.25, 0.3) is 5.91 Å². The van der Waals surface area contributed by atoms with E-state index in [-0.39, 0.29) is 17.4 Å². The minimum absolute atomic E-state index is 0.0790. The Morgan fingerprint density at radius 3 is 2.36 bits per heavy atom. The highest BCUT2D eigenvalue weighted by atomic mass is 32.2. The number of nitrogens with one attached hydrogen (secondary N) is 2. The zero-order valence-corrected chi connectivity index (χ0v) is 17.0. The lowest BCUT2D eigenvalue weighted by molar-refractivity contribution is -0.118. The van der Waals surface area contributed by atoms with Gasteiger partial charge in [0.1, 0.15) is 5.75 Å². The third-order valence-electron chi connectivity index (χ3n) is 3.82. The fourth-order valence-corrected chi connectivity index (χ4v) is 3.25.